The zero-order chi connectivity index (χ0) is 45.2. The molecule has 4 aliphatic rings. The van der Waals surface area contributed by atoms with Gasteiger partial charge < -0.3 is 29.2 Å². The summed E-state index contributed by atoms with van der Waals surface area (Å²) in [5.74, 6) is -1.98. The van der Waals surface area contributed by atoms with E-state index in [-0.39, 0.29) is 37.3 Å². The van der Waals surface area contributed by atoms with Gasteiger partial charge >= 0.3 is 5.97 Å². The maximum atomic E-state index is 14.6. The van der Waals surface area contributed by atoms with Crippen molar-refractivity contribution in [2.45, 2.75) is 98.0 Å². The standard InChI is InChI=1S/C47H62N8O7S/c1-9-39(56)53-20-17-30(24-53)44(58)52(7)40(28(3)4)42(57)50-36-22-31-26-63-43(49-31)29-15-16-38-33(21-29)34(41(54(38)10-2)32-13-11-18-48-37(32)25-61-8)23-47(5,6)27-62-46(60)35-14-12-19-55(51-35)45(36)59/h9,11,13,15-16,18,21,28,30,35-36,40,51,63H,1,10,12,14,17,19-20,22-27H2,2-8H3,(H,50,57)/t30-,35-,36-,40-/m0/s1. The SMILES string of the molecule is C=CC(=O)N1CC[C@H](C(=O)N(C)[C@H](C(=O)N[C@H]2CC3=NC(=[SH]C3)c3ccc4c(c3)c(c(-c3cccnc3COC)n4CC)CC(C)(C)COC(=O)[C@@H]3CCCN(N3)C2=O)C(C)C)C1. The number of likely N-dealkylation sites (N-methyl/N-ethyl adjacent to an activating group) is 1. The summed E-state index contributed by atoms with van der Waals surface area (Å²) in [6.07, 6.45) is 5.27. The molecule has 4 aliphatic heterocycles. The van der Waals surface area contributed by atoms with E-state index in [0.717, 1.165) is 61.0 Å². The fourth-order valence-corrected chi connectivity index (χ4v) is 10.5. The molecule has 2 fully saturated rings. The smallest absolute Gasteiger partial charge is 0.324 e. The normalized spacial score (nSPS) is 22.1. The lowest BCUT2D eigenvalue weighted by atomic mass is 9.84. The van der Waals surface area contributed by atoms with E-state index in [2.05, 4.69) is 66.9 Å². The Balaban J connectivity index is 1.25. The number of hydrogen-bond acceptors (Lipinski definition) is 10. The van der Waals surface area contributed by atoms with E-state index in [9.17, 15) is 24.0 Å². The first kappa shape index (κ1) is 45.8. The number of pyridine rings is 1. The maximum Gasteiger partial charge on any atom is 0.324 e. The highest BCUT2D eigenvalue weighted by atomic mass is 32.1. The van der Waals surface area contributed by atoms with Crippen LogP contribution in [0.2, 0.25) is 0 Å². The van der Waals surface area contributed by atoms with Gasteiger partial charge in [-0.3, -0.25) is 39.0 Å². The van der Waals surface area contributed by atoms with Crippen LogP contribution in [-0.2, 0) is 53.0 Å². The van der Waals surface area contributed by atoms with E-state index >= 15 is 0 Å². The Bertz CT molecular complexity index is 2350. The van der Waals surface area contributed by atoms with Crippen molar-refractivity contribution >= 4 is 62.6 Å². The first-order valence-corrected chi connectivity index (χ1v) is 23.1. The zero-order valence-electron chi connectivity index (χ0n) is 37.6. The van der Waals surface area contributed by atoms with Crippen molar-refractivity contribution < 1.29 is 33.4 Å². The number of hydrazine groups is 1. The summed E-state index contributed by atoms with van der Waals surface area (Å²) in [6, 6.07) is 7.77. The molecule has 0 aliphatic carbocycles. The number of esters is 1. The van der Waals surface area contributed by atoms with Gasteiger partial charge in [0, 0.05) is 91.9 Å². The predicted octanol–water partition coefficient (Wildman–Crippen LogP) is 4.28. The average Bonchev–Trinajstić information content (AvgIpc) is 4.03. The molecule has 0 unspecified atom stereocenters. The number of aryl methyl sites for hydroxylation is 1. The third kappa shape index (κ3) is 9.68. The highest BCUT2D eigenvalue weighted by molar-refractivity contribution is 8.00. The zero-order valence-corrected chi connectivity index (χ0v) is 38.5. The number of nitrogens with zero attached hydrogens (tertiary/aromatic N) is 6. The molecule has 0 spiro atoms. The summed E-state index contributed by atoms with van der Waals surface area (Å²) in [5, 5.41) is 5.54. The van der Waals surface area contributed by atoms with Crippen LogP contribution < -0.4 is 10.7 Å². The fourth-order valence-electron chi connectivity index (χ4n) is 9.47. The predicted molar refractivity (Wildman–Crippen MR) is 246 cm³/mol. The lowest BCUT2D eigenvalue weighted by Crippen LogP contribution is -2.62. The number of amides is 4. The minimum Gasteiger partial charge on any atom is -0.464 e. The quantitative estimate of drug-likeness (QED) is 0.117. The Morgan fingerprint density at radius 3 is 2.70 bits per heavy atom. The van der Waals surface area contributed by atoms with E-state index in [1.165, 1.54) is 16.0 Å². The van der Waals surface area contributed by atoms with Gasteiger partial charge in [0.15, 0.2) is 0 Å². The van der Waals surface area contributed by atoms with E-state index < -0.39 is 47.2 Å². The minimum absolute atomic E-state index is 0.138. The average molecular weight is 883 g/mol. The number of aliphatic imine (C=N–C) groups is 1. The Hall–Kier alpha value is -5.19. The topological polar surface area (TPSA) is 168 Å². The summed E-state index contributed by atoms with van der Waals surface area (Å²) in [7, 11) is 3.28. The van der Waals surface area contributed by atoms with Crippen LogP contribution in [0.1, 0.15) is 77.1 Å². The van der Waals surface area contributed by atoms with Gasteiger partial charge in [-0.1, -0.05) is 40.3 Å². The van der Waals surface area contributed by atoms with E-state index in [1.54, 1.807) is 25.3 Å². The van der Waals surface area contributed by atoms with Crippen molar-refractivity contribution in [2.75, 3.05) is 46.2 Å². The van der Waals surface area contributed by atoms with Gasteiger partial charge in [0.25, 0.3) is 5.91 Å². The first-order chi connectivity index (χ1) is 30.1. The number of hydrogen-bond donors (Lipinski definition) is 3. The molecule has 7 rings (SSSR count). The Morgan fingerprint density at radius 2 is 1.97 bits per heavy atom. The molecule has 4 amide bonds. The molecular formula is C47H62N8O7S. The number of fused-ring (bicyclic) bond motifs is 5. The second-order valence-corrected chi connectivity index (χ2v) is 19.2. The van der Waals surface area contributed by atoms with Gasteiger partial charge in [0.1, 0.15) is 18.1 Å². The second-order valence-electron chi connectivity index (χ2n) is 18.2. The summed E-state index contributed by atoms with van der Waals surface area (Å²) >= 11 is 0.967. The van der Waals surface area contributed by atoms with Gasteiger partial charge in [0.05, 0.1) is 35.5 Å². The van der Waals surface area contributed by atoms with Crippen molar-refractivity contribution in [3.63, 3.8) is 0 Å². The van der Waals surface area contributed by atoms with Crippen molar-refractivity contribution in [3.05, 3.63) is 66.0 Å². The molecule has 63 heavy (non-hydrogen) atoms. The number of ether oxygens (including phenoxy) is 2. The molecule has 2 aromatic heterocycles. The number of cyclic esters (lactones) is 1. The van der Waals surface area contributed by atoms with Crippen LogP contribution in [-0.4, -0.2) is 129 Å². The maximum absolute atomic E-state index is 14.6. The number of thiol groups is 1. The van der Waals surface area contributed by atoms with Crippen LogP contribution in [0, 0.1) is 17.3 Å². The number of methoxy groups -OCH3 is 1. The molecule has 2 saturated heterocycles. The Labute approximate surface area is 373 Å². The van der Waals surface area contributed by atoms with Gasteiger partial charge in [-0.15, -0.1) is 0 Å². The third-order valence-electron chi connectivity index (χ3n) is 12.6. The summed E-state index contributed by atoms with van der Waals surface area (Å²) in [6.45, 7) is 15.8. The molecule has 4 atom stereocenters. The number of carbonyl (C=O) groups excluding carboxylic acids is 5. The summed E-state index contributed by atoms with van der Waals surface area (Å²) in [4.78, 5) is 82.7. The number of aromatic nitrogens is 2. The summed E-state index contributed by atoms with van der Waals surface area (Å²) in [5.41, 5.74) is 9.43. The van der Waals surface area contributed by atoms with E-state index in [4.69, 9.17) is 19.5 Å². The van der Waals surface area contributed by atoms with E-state index in [1.807, 2.05) is 19.9 Å². The van der Waals surface area contributed by atoms with Crippen molar-refractivity contribution in [2.24, 2.45) is 22.2 Å². The highest BCUT2D eigenvalue weighted by Crippen LogP contribution is 2.40. The van der Waals surface area contributed by atoms with Crippen molar-refractivity contribution in [1.29, 1.82) is 0 Å². The number of benzene rings is 1. The first-order valence-electron chi connectivity index (χ1n) is 22.1. The Morgan fingerprint density at radius 1 is 1.17 bits per heavy atom. The van der Waals surface area contributed by atoms with Crippen molar-refractivity contribution in [3.8, 4) is 11.3 Å². The molecular weight excluding hydrogens is 821 g/mol. The molecule has 0 saturated carbocycles. The van der Waals surface area contributed by atoms with Crippen LogP contribution in [0.3, 0.4) is 0 Å². The number of carbonyl (C=O) groups is 5. The molecule has 0 radical (unpaired) electrons. The van der Waals surface area contributed by atoms with Gasteiger partial charge in [-0.25, -0.2) is 5.43 Å². The number of nitrogens with one attached hydrogen (secondary N) is 2. The highest BCUT2D eigenvalue weighted by Gasteiger charge is 2.40. The molecule has 16 heteroatoms. The number of rotatable bonds is 10. The van der Waals surface area contributed by atoms with Crippen LogP contribution >= 0.6 is 11.4 Å². The Kier molecular flexibility index (Phi) is 14.0. The van der Waals surface area contributed by atoms with Gasteiger partial charge in [-0.05, 0) is 74.4 Å². The largest absolute Gasteiger partial charge is 0.464 e. The number of likely N-dealkylation sites (tertiary alicyclic amines) is 1. The lowest BCUT2D eigenvalue weighted by molar-refractivity contribution is -0.155. The molecule has 3 aromatic rings. The molecule has 2 N–H and O–H groups in total. The second kappa shape index (κ2) is 19.3. The summed E-state index contributed by atoms with van der Waals surface area (Å²) < 4.78 is 14.0. The van der Waals surface area contributed by atoms with Crippen LogP contribution in [0.4, 0.5) is 0 Å². The molecule has 15 nitrogen and oxygen atoms in total. The lowest BCUT2D eigenvalue weighted by Gasteiger charge is -2.37. The van der Waals surface area contributed by atoms with Crippen LogP contribution in [0.25, 0.3) is 22.2 Å². The minimum atomic E-state index is -1.04. The van der Waals surface area contributed by atoms with Crippen LogP contribution in [0.15, 0.2) is 54.2 Å². The van der Waals surface area contributed by atoms with Crippen molar-refractivity contribution in [1.82, 2.24) is 35.1 Å². The fraction of sp³-hybridized carbons (Fsp3) is 0.532. The van der Waals surface area contributed by atoms with Gasteiger partial charge in [-0.2, -0.15) is 11.4 Å². The monoisotopic (exact) mass is 882 g/mol. The molecule has 1 aromatic carbocycles. The van der Waals surface area contributed by atoms with Gasteiger partial charge in [0.2, 0.25) is 17.7 Å². The third-order valence-corrected chi connectivity index (χ3v) is 13.8. The molecule has 338 valence electrons. The van der Waals surface area contributed by atoms with Crippen LogP contribution in [0.5, 0.6) is 0 Å². The molecule has 6 heterocycles. The van der Waals surface area contributed by atoms with E-state index in [0.29, 0.717) is 57.7 Å². The molecule has 6 bridgehead atoms.